The molecule has 0 aliphatic carbocycles. The fourth-order valence-corrected chi connectivity index (χ4v) is 2.19. The van der Waals surface area contributed by atoms with E-state index in [9.17, 15) is 0 Å². The highest BCUT2D eigenvalue weighted by Gasteiger charge is 2.20. The Bertz CT molecular complexity index is 541. The zero-order chi connectivity index (χ0) is 11.9. The Kier molecular flexibility index (Phi) is 2.74. The fraction of sp³-hybridized carbons (Fsp3) is 0.385. The molecule has 0 radical (unpaired) electrons. The summed E-state index contributed by atoms with van der Waals surface area (Å²) in [5.41, 5.74) is 3.34. The molecule has 0 fully saturated rings. The minimum atomic E-state index is 0.0253. The van der Waals surface area contributed by atoms with Gasteiger partial charge in [-0.1, -0.05) is 39.0 Å². The lowest BCUT2D eigenvalue weighted by molar-refractivity contribution is 0.572. The Morgan fingerprint density at radius 3 is 2.44 bits per heavy atom. The van der Waals surface area contributed by atoms with Crippen molar-refractivity contribution < 1.29 is 0 Å². The molecule has 0 aliphatic heterocycles. The largest absolute Gasteiger partial charge is 0.226 e. The highest BCUT2D eigenvalue weighted by Crippen LogP contribution is 2.29. The maximum atomic E-state index is 4.52. The van der Waals surface area contributed by atoms with Crippen molar-refractivity contribution in [1.82, 2.24) is 9.97 Å². The normalized spacial score (nSPS) is 12.1. The number of aryl methyl sites for hydroxylation is 1. The first-order valence-electron chi connectivity index (χ1n) is 5.33. The molecule has 0 spiro atoms. The molecule has 0 aliphatic rings. The van der Waals surface area contributed by atoms with Crippen molar-refractivity contribution in [3.63, 3.8) is 0 Å². The molecule has 16 heavy (non-hydrogen) atoms. The van der Waals surface area contributed by atoms with Crippen LogP contribution in [-0.2, 0) is 5.41 Å². The van der Waals surface area contributed by atoms with Gasteiger partial charge in [-0.3, -0.25) is 0 Å². The third kappa shape index (κ3) is 1.96. The fourth-order valence-electron chi connectivity index (χ4n) is 1.84. The summed E-state index contributed by atoms with van der Waals surface area (Å²) in [6.45, 7) is 8.59. The van der Waals surface area contributed by atoms with Crippen LogP contribution >= 0.6 is 15.9 Å². The van der Waals surface area contributed by atoms with Gasteiger partial charge in [-0.15, -0.1) is 0 Å². The average molecular weight is 279 g/mol. The molecule has 0 saturated carbocycles. The van der Waals surface area contributed by atoms with Gasteiger partial charge >= 0.3 is 0 Å². The molecule has 84 valence electrons. The first-order chi connectivity index (χ1) is 7.39. The Morgan fingerprint density at radius 1 is 1.12 bits per heavy atom. The molecular formula is C13H15BrN2. The molecule has 2 nitrogen and oxygen atoms in total. The third-order valence-electron chi connectivity index (χ3n) is 2.61. The second-order valence-corrected chi connectivity index (χ2v) is 5.77. The SMILES string of the molecule is Cc1cccc2c(C(C)(C)C)nc(Br)nc12. The number of nitrogens with zero attached hydrogens (tertiary/aromatic N) is 2. The van der Waals surface area contributed by atoms with E-state index >= 15 is 0 Å². The van der Waals surface area contributed by atoms with Gasteiger partial charge < -0.3 is 0 Å². The average Bonchev–Trinajstić information content (AvgIpc) is 2.17. The molecule has 0 saturated heterocycles. The smallest absolute Gasteiger partial charge is 0.197 e. The summed E-state index contributed by atoms with van der Waals surface area (Å²) in [5, 5.41) is 1.15. The van der Waals surface area contributed by atoms with Crippen LogP contribution in [0.25, 0.3) is 10.9 Å². The highest BCUT2D eigenvalue weighted by molar-refractivity contribution is 9.10. The van der Waals surface area contributed by atoms with Crippen molar-refractivity contribution >= 4 is 26.8 Å². The predicted molar refractivity (Wildman–Crippen MR) is 70.7 cm³/mol. The van der Waals surface area contributed by atoms with E-state index < -0.39 is 0 Å². The number of benzene rings is 1. The number of para-hydroxylation sites is 1. The summed E-state index contributed by atoms with van der Waals surface area (Å²) in [6, 6.07) is 6.23. The summed E-state index contributed by atoms with van der Waals surface area (Å²) < 4.78 is 0.666. The maximum absolute atomic E-state index is 4.52. The lowest BCUT2D eigenvalue weighted by Gasteiger charge is -2.20. The molecule has 2 aromatic rings. The van der Waals surface area contributed by atoms with Crippen molar-refractivity contribution in [2.75, 3.05) is 0 Å². The van der Waals surface area contributed by atoms with E-state index in [1.807, 2.05) is 0 Å². The van der Waals surface area contributed by atoms with Gasteiger partial charge in [-0.05, 0) is 28.4 Å². The summed E-state index contributed by atoms with van der Waals surface area (Å²) in [5.74, 6) is 0. The van der Waals surface area contributed by atoms with Crippen LogP contribution < -0.4 is 0 Å². The molecule has 0 bridgehead atoms. The topological polar surface area (TPSA) is 25.8 Å². The number of aromatic nitrogens is 2. The third-order valence-corrected chi connectivity index (χ3v) is 2.97. The molecule has 2 rings (SSSR count). The molecule has 1 aromatic carbocycles. The number of hydrogen-bond acceptors (Lipinski definition) is 2. The zero-order valence-electron chi connectivity index (χ0n) is 10.0. The van der Waals surface area contributed by atoms with E-state index in [-0.39, 0.29) is 5.41 Å². The van der Waals surface area contributed by atoms with E-state index in [0.717, 1.165) is 16.6 Å². The number of rotatable bonds is 0. The number of fused-ring (bicyclic) bond motifs is 1. The van der Waals surface area contributed by atoms with Crippen molar-refractivity contribution in [2.45, 2.75) is 33.1 Å². The molecule has 3 heteroatoms. The molecular weight excluding hydrogens is 264 g/mol. The molecule has 0 N–H and O–H groups in total. The summed E-state index contributed by atoms with van der Waals surface area (Å²) in [4.78, 5) is 8.97. The minimum Gasteiger partial charge on any atom is -0.226 e. The highest BCUT2D eigenvalue weighted by atomic mass is 79.9. The lowest BCUT2D eigenvalue weighted by Crippen LogP contribution is -2.15. The van der Waals surface area contributed by atoms with Crippen LogP contribution in [0.1, 0.15) is 32.0 Å². The standard InChI is InChI=1S/C13H15BrN2/c1-8-6-5-7-9-10(8)15-12(14)16-11(9)13(2,3)4/h5-7H,1-4H3. The van der Waals surface area contributed by atoms with Gasteiger partial charge in [0.05, 0.1) is 11.2 Å². The van der Waals surface area contributed by atoms with Crippen LogP contribution in [-0.4, -0.2) is 9.97 Å². The van der Waals surface area contributed by atoms with Gasteiger partial charge in [-0.2, -0.15) is 0 Å². The summed E-state index contributed by atoms with van der Waals surface area (Å²) in [6.07, 6.45) is 0. The number of hydrogen-bond donors (Lipinski definition) is 0. The van der Waals surface area contributed by atoms with Crippen molar-refractivity contribution in [1.29, 1.82) is 0 Å². The van der Waals surface area contributed by atoms with E-state index in [1.54, 1.807) is 0 Å². The van der Waals surface area contributed by atoms with Crippen molar-refractivity contribution in [3.8, 4) is 0 Å². The Morgan fingerprint density at radius 2 is 1.81 bits per heavy atom. The Labute approximate surface area is 104 Å². The van der Waals surface area contributed by atoms with E-state index in [2.05, 4.69) is 71.8 Å². The monoisotopic (exact) mass is 278 g/mol. The molecule has 0 unspecified atom stereocenters. The first-order valence-corrected chi connectivity index (χ1v) is 6.12. The quantitative estimate of drug-likeness (QED) is 0.681. The zero-order valence-corrected chi connectivity index (χ0v) is 11.6. The Hall–Kier alpha value is -0.960. The molecule has 1 aromatic heterocycles. The van der Waals surface area contributed by atoms with Crippen LogP contribution in [0.4, 0.5) is 0 Å². The van der Waals surface area contributed by atoms with E-state index in [1.165, 1.54) is 5.56 Å². The van der Waals surface area contributed by atoms with Crippen molar-refractivity contribution in [3.05, 3.63) is 34.2 Å². The second-order valence-electron chi connectivity index (χ2n) is 5.06. The van der Waals surface area contributed by atoms with Gasteiger partial charge in [0.1, 0.15) is 0 Å². The van der Waals surface area contributed by atoms with Gasteiger partial charge in [0.2, 0.25) is 0 Å². The predicted octanol–water partition coefficient (Wildman–Crippen LogP) is 4.00. The van der Waals surface area contributed by atoms with Gasteiger partial charge in [0.25, 0.3) is 0 Å². The van der Waals surface area contributed by atoms with Crippen LogP contribution in [0, 0.1) is 6.92 Å². The van der Waals surface area contributed by atoms with Crippen LogP contribution in [0.5, 0.6) is 0 Å². The van der Waals surface area contributed by atoms with E-state index in [0.29, 0.717) is 4.73 Å². The van der Waals surface area contributed by atoms with Crippen LogP contribution in [0.3, 0.4) is 0 Å². The first kappa shape index (κ1) is 11.5. The van der Waals surface area contributed by atoms with Crippen molar-refractivity contribution in [2.24, 2.45) is 0 Å². The van der Waals surface area contributed by atoms with Gasteiger partial charge in [-0.25, -0.2) is 9.97 Å². The minimum absolute atomic E-state index is 0.0253. The molecule has 1 heterocycles. The molecule has 0 atom stereocenters. The second kappa shape index (κ2) is 3.81. The summed E-state index contributed by atoms with van der Waals surface area (Å²) in [7, 11) is 0. The maximum Gasteiger partial charge on any atom is 0.197 e. The Balaban J connectivity index is 2.89. The van der Waals surface area contributed by atoms with Gasteiger partial charge in [0.15, 0.2) is 4.73 Å². The van der Waals surface area contributed by atoms with Crippen LogP contribution in [0.2, 0.25) is 0 Å². The van der Waals surface area contributed by atoms with E-state index in [4.69, 9.17) is 0 Å². The number of halogens is 1. The van der Waals surface area contributed by atoms with Crippen LogP contribution in [0.15, 0.2) is 22.9 Å². The molecule has 0 amide bonds. The summed E-state index contributed by atoms with van der Waals surface area (Å²) >= 11 is 3.39. The lowest BCUT2D eigenvalue weighted by atomic mass is 9.89. The van der Waals surface area contributed by atoms with Gasteiger partial charge in [0, 0.05) is 10.8 Å².